The minimum atomic E-state index is -0.463. The van der Waals surface area contributed by atoms with Gasteiger partial charge in [0, 0.05) is 31.8 Å². The highest BCUT2D eigenvalue weighted by Gasteiger charge is 2.24. The summed E-state index contributed by atoms with van der Waals surface area (Å²) in [4.78, 5) is 41.6. The summed E-state index contributed by atoms with van der Waals surface area (Å²) in [7, 11) is 0. The number of hydrogen-bond acceptors (Lipinski definition) is 5. The van der Waals surface area contributed by atoms with Crippen LogP contribution in [0.4, 0.5) is 0 Å². The zero-order valence-corrected chi connectivity index (χ0v) is 15.6. The molecule has 1 aliphatic heterocycles. The highest BCUT2D eigenvalue weighted by Crippen LogP contribution is 2.18. The molecule has 0 bridgehead atoms. The largest absolute Gasteiger partial charge is 0.378 e. The van der Waals surface area contributed by atoms with E-state index in [0.29, 0.717) is 49.3 Å². The van der Waals surface area contributed by atoms with E-state index in [1.807, 2.05) is 0 Å². The number of aromatic nitrogens is 2. The molecule has 8 nitrogen and oxygen atoms in total. The molecule has 1 saturated heterocycles. The molecule has 2 aromatic rings. The molecule has 0 unspecified atom stereocenters. The lowest BCUT2D eigenvalue weighted by Crippen LogP contribution is -2.41. The van der Waals surface area contributed by atoms with Crippen molar-refractivity contribution in [2.45, 2.75) is 38.8 Å². The third-order valence-electron chi connectivity index (χ3n) is 4.98. The monoisotopic (exact) mass is 374 g/mol. The van der Waals surface area contributed by atoms with Gasteiger partial charge in [-0.1, -0.05) is 0 Å². The first-order valence-electron chi connectivity index (χ1n) is 9.43. The molecule has 3 rings (SSSR count). The van der Waals surface area contributed by atoms with Gasteiger partial charge in [-0.15, -0.1) is 0 Å². The molecule has 27 heavy (non-hydrogen) atoms. The van der Waals surface area contributed by atoms with Crippen LogP contribution in [0.5, 0.6) is 0 Å². The van der Waals surface area contributed by atoms with Gasteiger partial charge in [0.15, 0.2) is 0 Å². The van der Waals surface area contributed by atoms with Crippen LogP contribution in [-0.4, -0.2) is 52.7 Å². The first-order chi connectivity index (χ1) is 13.0. The van der Waals surface area contributed by atoms with Crippen LogP contribution in [0, 0.1) is 0 Å². The van der Waals surface area contributed by atoms with E-state index >= 15 is 0 Å². The summed E-state index contributed by atoms with van der Waals surface area (Å²) in [6.45, 7) is 4.56. The number of nitrogens with zero attached hydrogens (tertiary/aromatic N) is 2. The molecule has 1 fully saturated rings. The minimum Gasteiger partial charge on any atom is -0.378 e. The van der Waals surface area contributed by atoms with Crippen LogP contribution in [0.25, 0.3) is 10.9 Å². The van der Waals surface area contributed by atoms with Crippen molar-refractivity contribution in [3.8, 4) is 0 Å². The summed E-state index contributed by atoms with van der Waals surface area (Å²) in [6.07, 6.45) is 2.60. The van der Waals surface area contributed by atoms with Gasteiger partial charge in [0.05, 0.1) is 17.0 Å². The van der Waals surface area contributed by atoms with Crippen LogP contribution in [0.15, 0.2) is 27.8 Å². The Labute approximate surface area is 156 Å². The van der Waals surface area contributed by atoms with Gasteiger partial charge in [0.1, 0.15) is 0 Å². The molecule has 3 N–H and O–H groups in total. The lowest BCUT2D eigenvalue weighted by atomic mass is 10.1. The number of H-pyrrole nitrogens is 1. The summed E-state index contributed by atoms with van der Waals surface area (Å²) >= 11 is 0. The van der Waals surface area contributed by atoms with Crippen molar-refractivity contribution < 1.29 is 9.53 Å². The molecular weight excluding hydrogens is 348 g/mol. The average molecular weight is 374 g/mol. The molecule has 0 aliphatic carbocycles. The van der Waals surface area contributed by atoms with Gasteiger partial charge in [-0.2, -0.15) is 0 Å². The molecule has 0 radical (unpaired) electrons. The van der Waals surface area contributed by atoms with E-state index < -0.39 is 5.69 Å². The third-order valence-corrected chi connectivity index (χ3v) is 4.98. The quantitative estimate of drug-likeness (QED) is 0.723. The fourth-order valence-electron chi connectivity index (χ4n) is 3.42. The molecule has 0 atom stereocenters. The van der Waals surface area contributed by atoms with Crippen molar-refractivity contribution in [2.24, 2.45) is 5.73 Å². The lowest BCUT2D eigenvalue weighted by Gasteiger charge is -2.32. The Kier molecular flexibility index (Phi) is 6.08. The second-order valence-corrected chi connectivity index (χ2v) is 6.74. The van der Waals surface area contributed by atoms with Gasteiger partial charge in [-0.3, -0.25) is 14.2 Å². The van der Waals surface area contributed by atoms with E-state index in [0.717, 1.165) is 23.8 Å². The normalized spacial score (nSPS) is 15.4. The Bertz CT molecular complexity index is 925. The summed E-state index contributed by atoms with van der Waals surface area (Å²) in [5.74, 6) is -0.0992. The average Bonchev–Trinajstić information content (AvgIpc) is 2.68. The Morgan fingerprint density at radius 1 is 1.30 bits per heavy atom. The van der Waals surface area contributed by atoms with Crippen molar-refractivity contribution >= 4 is 16.8 Å². The number of piperidine rings is 1. The van der Waals surface area contributed by atoms with E-state index in [-0.39, 0.29) is 17.6 Å². The first kappa shape index (κ1) is 19.3. The molecule has 1 amide bonds. The maximum absolute atomic E-state index is 12.8. The minimum absolute atomic E-state index is 0.0992. The van der Waals surface area contributed by atoms with E-state index in [1.54, 1.807) is 30.0 Å². The Morgan fingerprint density at radius 2 is 2.04 bits per heavy atom. The lowest BCUT2D eigenvalue weighted by molar-refractivity contribution is 0.00845. The predicted octanol–water partition coefficient (Wildman–Crippen LogP) is 0.680. The number of fused-ring (bicyclic) bond motifs is 1. The molecule has 8 heteroatoms. The number of carbonyl (C=O) groups is 1. The Hall–Kier alpha value is -2.45. The number of aromatic amines is 1. The molecule has 0 spiro atoms. The van der Waals surface area contributed by atoms with Gasteiger partial charge in [-0.25, -0.2) is 4.79 Å². The highest BCUT2D eigenvalue weighted by atomic mass is 16.5. The highest BCUT2D eigenvalue weighted by molar-refractivity contribution is 5.97. The Morgan fingerprint density at radius 3 is 2.70 bits per heavy atom. The van der Waals surface area contributed by atoms with Crippen molar-refractivity contribution in [3.63, 3.8) is 0 Å². The number of benzene rings is 1. The topological polar surface area (TPSA) is 110 Å². The molecule has 1 aliphatic rings. The number of amides is 1. The number of nitrogens with two attached hydrogens (primary N) is 1. The van der Waals surface area contributed by atoms with Crippen LogP contribution in [0.2, 0.25) is 0 Å². The smallest absolute Gasteiger partial charge is 0.328 e. The predicted molar refractivity (Wildman–Crippen MR) is 103 cm³/mol. The summed E-state index contributed by atoms with van der Waals surface area (Å²) in [5, 5.41) is 0.403. The molecule has 146 valence electrons. The fourth-order valence-corrected chi connectivity index (χ4v) is 3.42. The maximum atomic E-state index is 12.8. The fraction of sp³-hybridized carbons (Fsp3) is 0.526. The van der Waals surface area contributed by atoms with E-state index in [9.17, 15) is 14.4 Å². The second-order valence-electron chi connectivity index (χ2n) is 6.74. The summed E-state index contributed by atoms with van der Waals surface area (Å²) < 4.78 is 6.91. The number of ether oxygens (including phenoxy) is 1. The number of carbonyl (C=O) groups excluding carboxylic acids is 1. The van der Waals surface area contributed by atoms with E-state index in [2.05, 4.69) is 4.98 Å². The number of rotatable bonds is 6. The van der Waals surface area contributed by atoms with Crippen molar-refractivity contribution in [3.05, 3.63) is 44.6 Å². The summed E-state index contributed by atoms with van der Waals surface area (Å²) in [5.41, 5.74) is 5.52. The maximum Gasteiger partial charge on any atom is 0.328 e. The number of likely N-dealkylation sites (tertiary alicyclic amines) is 1. The van der Waals surface area contributed by atoms with Gasteiger partial charge in [0.2, 0.25) is 0 Å². The van der Waals surface area contributed by atoms with Crippen molar-refractivity contribution in [2.75, 3.05) is 26.2 Å². The van der Waals surface area contributed by atoms with E-state index in [4.69, 9.17) is 10.5 Å². The number of hydrogen-bond donors (Lipinski definition) is 2. The van der Waals surface area contributed by atoms with Crippen molar-refractivity contribution in [1.82, 2.24) is 14.5 Å². The van der Waals surface area contributed by atoms with Gasteiger partial charge >= 0.3 is 5.69 Å². The molecule has 1 aromatic carbocycles. The van der Waals surface area contributed by atoms with Crippen molar-refractivity contribution in [1.29, 1.82) is 0 Å². The first-order valence-corrected chi connectivity index (χ1v) is 9.43. The van der Waals surface area contributed by atoms with Crippen LogP contribution in [0.3, 0.4) is 0 Å². The Balaban J connectivity index is 1.73. The van der Waals surface area contributed by atoms with Crippen LogP contribution in [0.1, 0.15) is 36.5 Å². The van der Waals surface area contributed by atoms with Crippen LogP contribution in [-0.2, 0) is 11.3 Å². The van der Waals surface area contributed by atoms with Gasteiger partial charge in [-0.05, 0) is 50.9 Å². The molecule has 0 saturated carbocycles. The van der Waals surface area contributed by atoms with E-state index in [1.165, 1.54) is 0 Å². The van der Waals surface area contributed by atoms with Crippen LogP contribution >= 0.6 is 0 Å². The number of nitrogens with one attached hydrogen (secondary N) is 1. The zero-order chi connectivity index (χ0) is 19.4. The second kappa shape index (κ2) is 8.49. The molecular formula is C19H26N4O4. The van der Waals surface area contributed by atoms with Gasteiger partial charge < -0.3 is 20.4 Å². The molecule has 2 heterocycles. The SMILES string of the molecule is CCn1c(=O)[nH]c2cc(C(=O)N3CCC(OCCCN)CC3)ccc2c1=O. The third kappa shape index (κ3) is 4.12. The van der Waals surface area contributed by atoms with Gasteiger partial charge in [0.25, 0.3) is 11.5 Å². The summed E-state index contributed by atoms with van der Waals surface area (Å²) in [6, 6.07) is 4.84. The standard InChI is InChI=1S/C19H26N4O4/c1-2-23-18(25)15-5-4-13(12-16(15)21-19(23)26)17(24)22-9-6-14(7-10-22)27-11-3-8-20/h4-5,12,14H,2-3,6-11,20H2,1H3,(H,21,26). The van der Waals surface area contributed by atoms with Crippen LogP contribution < -0.4 is 17.0 Å². The zero-order valence-electron chi connectivity index (χ0n) is 15.6. The molecule has 1 aromatic heterocycles.